The smallest absolute Gasteiger partial charge is 0.414 e. The SMILES string of the molecule is NN1CCc2cc3c(cc2CC1)N(C(=O)OCCc1cccc(Cl)c1)CCO3. The quantitative estimate of drug-likeness (QED) is 0.800. The largest absolute Gasteiger partial charge is 0.490 e. The molecule has 0 radical (unpaired) electrons. The molecule has 0 saturated carbocycles. The van der Waals surface area contributed by atoms with Gasteiger partial charge in [-0.2, -0.15) is 0 Å². The molecule has 1 amide bonds. The number of fused-ring (bicyclic) bond motifs is 2. The Bertz CT molecular complexity index is 874. The summed E-state index contributed by atoms with van der Waals surface area (Å²) in [7, 11) is 0. The number of hydrogen-bond donors (Lipinski definition) is 1. The molecule has 2 aromatic carbocycles. The predicted molar refractivity (Wildman–Crippen MR) is 109 cm³/mol. The Morgan fingerprint density at radius 1 is 1.14 bits per heavy atom. The molecule has 0 aromatic heterocycles. The summed E-state index contributed by atoms with van der Waals surface area (Å²) in [6.45, 7) is 2.86. The Morgan fingerprint density at radius 2 is 1.93 bits per heavy atom. The molecule has 0 spiro atoms. The van der Waals surface area contributed by atoms with Crippen molar-refractivity contribution >= 4 is 23.4 Å². The van der Waals surface area contributed by atoms with Gasteiger partial charge in [-0.25, -0.2) is 9.80 Å². The van der Waals surface area contributed by atoms with Crippen LogP contribution in [-0.2, 0) is 24.0 Å². The van der Waals surface area contributed by atoms with Crippen LogP contribution in [0.3, 0.4) is 0 Å². The zero-order chi connectivity index (χ0) is 19.5. The lowest BCUT2D eigenvalue weighted by Crippen LogP contribution is -2.38. The second-order valence-corrected chi connectivity index (χ2v) is 7.56. The van der Waals surface area contributed by atoms with Gasteiger partial charge in [0.25, 0.3) is 0 Å². The lowest BCUT2D eigenvalue weighted by molar-refractivity contribution is 0.151. The highest BCUT2D eigenvalue weighted by Crippen LogP contribution is 2.36. The lowest BCUT2D eigenvalue weighted by atomic mass is 10.0. The molecule has 6 nitrogen and oxygen atoms in total. The van der Waals surface area contributed by atoms with Crippen LogP contribution in [0.5, 0.6) is 5.75 Å². The highest BCUT2D eigenvalue weighted by atomic mass is 35.5. The average molecular weight is 402 g/mol. The molecule has 2 aliphatic heterocycles. The van der Waals surface area contributed by atoms with E-state index >= 15 is 0 Å². The number of nitrogens with zero attached hydrogens (tertiary/aromatic N) is 2. The molecule has 7 heteroatoms. The number of ether oxygens (including phenoxy) is 2. The number of benzene rings is 2. The van der Waals surface area contributed by atoms with Crippen molar-refractivity contribution in [2.45, 2.75) is 19.3 Å². The molecular formula is C21H24ClN3O3. The summed E-state index contributed by atoms with van der Waals surface area (Å²) in [5.41, 5.74) is 4.28. The van der Waals surface area contributed by atoms with Gasteiger partial charge in [-0.1, -0.05) is 23.7 Å². The normalized spacial score (nSPS) is 16.6. The summed E-state index contributed by atoms with van der Waals surface area (Å²) in [6, 6.07) is 11.7. The number of hydrogen-bond acceptors (Lipinski definition) is 5. The van der Waals surface area contributed by atoms with Crippen LogP contribution in [-0.4, -0.2) is 44.0 Å². The van der Waals surface area contributed by atoms with E-state index in [-0.39, 0.29) is 6.09 Å². The second kappa shape index (κ2) is 8.39. The molecule has 2 aromatic rings. The Hall–Kier alpha value is -2.28. The molecule has 0 fully saturated rings. The van der Waals surface area contributed by atoms with Crippen molar-refractivity contribution in [1.82, 2.24) is 5.01 Å². The van der Waals surface area contributed by atoms with Gasteiger partial charge in [0.1, 0.15) is 12.4 Å². The summed E-state index contributed by atoms with van der Waals surface area (Å²) in [6.07, 6.45) is 2.02. The maximum Gasteiger partial charge on any atom is 0.414 e. The number of amides is 1. The van der Waals surface area contributed by atoms with E-state index in [0.29, 0.717) is 31.2 Å². The van der Waals surface area contributed by atoms with Gasteiger partial charge in [-0.15, -0.1) is 0 Å². The van der Waals surface area contributed by atoms with Crippen LogP contribution in [0.25, 0.3) is 0 Å². The fraction of sp³-hybridized carbons (Fsp3) is 0.381. The van der Waals surface area contributed by atoms with Gasteiger partial charge >= 0.3 is 6.09 Å². The van der Waals surface area contributed by atoms with Gasteiger partial charge in [-0.3, -0.25) is 10.7 Å². The molecular weight excluding hydrogens is 378 g/mol. The van der Waals surface area contributed by atoms with E-state index in [1.807, 2.05) is 29.3 Å². The highest BCUT2D eigenvalue weighted by molar-refractivity contribution is 6.30. The van der Waals surface area contributed by atoms with Crippen molar-refractivity contribution in [2.75, 3.05) is 37.7 Å². The number of halogens is 1. The van der Waals surface area contributed by atoms with E-state index in [1.165, 1.54) is 11.1 Å². The number of rotatable bonds is 3. The van der Waals surface area contributed by atoms with Gasteiger partial charge in [0, 0.05) is 24.5 Å². The number of anilines is 1. The van der Waals surface area contributed by atoms with Crippen LogP contribution in [0, 0.1) is 0 Å². The van der Waals surface area contributed by atoms with E-state index in [1.54, 1.807) is 4.90 Å². The van der Waals surface area contributed by atoms with Gasteiger partial charge in [-0.05, 0) is 53.8 Å². The molecule has 0 atom stereocenters. The fourth-order valence-corrected chi connectivity index (χ4v) is 3.88. The van der Waals surface area contributed by atoms with Crippen LogP contribution < -0.4 is 15.5 Å². The van der Waals surface area contributed by atoms with Crippen molar-refractivity contribution in [3.05, 3.63) is 58.1 Å². The number of carbonyl (C=O) groups is 1. The van der Waals surface area contributed by atoms with Crippen molar-refractivity contribution in [3.63, 3.8) is 0 Å². The maximum absolute atomic E-state index is 12.7. The summed E-state index contributed by atoms with van der Waals surface area (Å²) < 4.78 is 11.3. The first-order valence-corrected chi connectivity index (χ1v) is 9.95. The van der Waals surface area contributed by atoms with E-state index in [4.69, 9.17) is 26.9 Å². The first-order valence-electron chi connectivity index (χ1n) is 9.57. The maximum atomic E-state index is 12.7. The van der Waals surface area contributed by atoms with Gasteiger partial charge in [0.2, 0.25) is 0 Å². The minimum atomic E-state index is -0.347. The zero-order valence-corrected chi connectivity index (χ0v) is 16.5. The molecule has 2 N–H and O–H groups in total. The summed E-state index contributed by atoms with van der Waals surface area (Å²) in [4.78, 5) is 14.4. The standard InChI is InChI=1S/C21H24ClN3O3/c22-18-3-1-2-15(12-18)6-10-28-21(26)25-9-11-27-20-14-17-5-8-24(23)7-4-16(17)13-19(20)25/h1-3,12-14H,4-11,23H2. The van der Waals surface area contributed by atoms with E-state index in [0.717, 1.165) is 42.9 Å². The topological polar surface area (TPSA) is 68.0 Å². The minimum Gasteiger partial charge on any atom is -0.490 e. The first kappa shape index (κ1) is 19.1. The first-order chi connectivity index (χ1) is 13.6. The summed E-state index contributed by atoms with van der Waals surface area (Å²) >= 11 is 6.00. The van der Waals surface area contributed by atoms with Crippen molar-refractivity contribution in [2.24, 2.45) is 5.84 Å². The summed E-state index contributed by atoms with van der Waals surface area (Å²) in [5.74, 6) is 6.70. The monoisotopic (exact) mass is 401 g/mol. The molecule has 0 aliphatic carbocycles. The Balaban J connectivity index is 1.45. The molecule has 0 unspecified atom stereocenters. The van der Waals surface area contributed by atoms with Gasteiger partial charge in [0.15, 0.2) is 0 Å². The van der Waals surface area contributed by atoms with E-state index in [2.05, 4.69) is 12.1 Å². The zero-order valence-electron chi connectivity index (χ0n) is 15.7. The highest BCUT2D eigenvalue weighted by Gasteiger charge is 2.27. The lowest BCUT2D eigenvalue weighted by Gasteiger charge is -2.30. The number of carbonyl (C=O) groups excluding carboxylic acids is 1. The third kappa shape index (κ3) is 4.24. The van der Waals surface area contributed by atoms with Crippen LogP contribution in [0.15, 0.2) is 36.4 Å². The fourth-order valence-electron chi connectivity index (χ4n) is 3.67. The molecule has 2 heterocycles. The van der Waals surface area contributed by atoms with Gasteiger partial charge < -0.3 is 9.47 Å². The van der Waals surface area contributed by atoms with Crippen molar-refractivity contribution in [1.29, 1.82) is 0 Å². The third-order valence-electron chi connectivity index (χ3n) is 5.21. The Labute approximate surface area is 169 Å². The summed E-state index contributed by atoms with van der Waals surface area (Å²) in [5, 5.41) is 2.52. The van der Waals surface area contributed by atoms with E-state index in [9.17, 15) is 4.79 Å². The van der Waals surface area contributed by atoms with E-state index < -0.39 is 0 Å². The second-order valence-electron chi connectivity index (χ2n) is 7.12. The predicted octanol–water partition coefficient (Wildman–Crippen LogP) is 3.19. The van der Waals surface area contributed by atoms with Crippen LogP contribution in [0.4, 0.5) is 10.5 Å². The molecule has 0 bridgehead atoms. The average Bonchev–Trinajstić information content (AvgIpc) is 2.87. The van der Waals surface area contributed by atoms with Crippen molar-refractivity contribution < 1.29 is 14.3 Å². The van der Waals surface area contributed by atoms with Crippen LogP contribution in [0.1, 0.15) is 16.7 Å². The number of hydrazine groups is 1. The molecule has 0 saturated heterocycles. The molecule has 2 aliphatic rings. The Morgan fingerprint density at radius 3 is 2.71 bits per heavy atom. The minimum absolute atomic E-state index is 0.305. The Kier molecular flexibility index (Phi) is 5.71. The van der Waals surface area contributed by atoms with Gasteiger partial charge in [0.05, 0.1) is 18.8 Å². The number of nitrogens with two attached hydrogens (primary N) is 1. The van der Waals surface area contributed by atoms with Crippen LogP contribution >= 0.6 is 11.6 Å². The molecule has 28 heavy (non-hydrogen) atoms. The third-order valence-corrected chi connectivity index (χ3v) is 5.44. The molecule has 4 rings (SSSR count). The van der Waals surface area contributed by atoms with Crippen molar-refractivity contribution in [3.8, 4) is 5.75 Å². The molecule has 148 valence electrons. The van der Waals surface area contributed by atoms with Crippen LogP contribution in [0.2, 0.25) is 5.02 Å².